The van der Waals surface area contributed by atoms with E-state index in [-0.39, 0.29) is 5.91 Å². The Morgan fingerprint density at radius 3 is 2.62 bits per heavy atom. The van der Waals surface area contributed by atoms with Gasteiger partial charge in [-0.2, -0.15) is 0 Å². The van der Waals surface area contributed by atoms with Gasteiger partial charge >= 0.3 is 0 Å². The third-order valence-corrected chi connectivity index (χ3v) is 4.44. The first-order valence-electron chi connectivity index (χ1n) is 8.82. The van der Waals surface area contributed by atoms with Crippen molar-refractivity contribution in [3.8, 4) is 0 Å². The molecular weight excluding hydrogens is 300 g/mol. The molecule has 1 saturated carbocycles. The number of amides is 1. The minimum absolute atomic E-state index is 0.120. The standard InChI is InChI=1S/C19H30N4O/c1-22(2)13-7-10-19(24)21-16-11-12-17(20-14-16)15-23(3)18-8-5-4-6-9-18/h7,10-12,14,18H,4-6,8-9,13,15H2,1-3H3,(H,21,24)/b10-7+. The molecule has 1 fully saturated rings. The fourth-order valence-electron chi connectivity index (χ4n) is 3.05. The molecule has 0 bridgehead atoms. The molecule has 1 aliphatic rings. The van der Waals surface area contributed by atoms with Gasteiger partial charge in [-0.3, -0.25) is 14.7 Å². The van der Waals surface area contributed by atoms with Crippen LogP contribution in [0.25, 0.3) is 0 Å². The predicted molar refractivity (Wildman–Crippen MR) is 98.9 cm³/mol. The van der Waals surface area contributed by atoms with Crippen molar-refractivity contribution < 1.29 is 4.79 Å². The monoisotopic (exact) mass is 330 g/mol. The number of carbonyl (C=O) groups excluding carboxylic acids is 1. The lowest BCUT2D eigenvalue weighted by Gasteiger charge is -2.30. The van der Waals surface area contributed by atoms with E-state index in [4.69, 9.17) is 0 Å². The average molecular weight is 330 g/mol. The minimum Gasteiger partial charge on any atom is -0.321 e. The SMILES string of the molecule is CN(C)C/C=C/C(=O)Nc1ccc(CN(C)C2CCCCC2)nc1. The van der Waals surface area contributed by atoms with E-state index in [0.29, 0.717) is 6.04 Å². The molecular formula is C19H30N4O. The number of aromatic nitrogens is 1. The molecule has 0 saturated heterocycles. The summed E-state index contributed by atoms with van der Waals surface area (Å²) >= 11 is 0. The van der Waals surface area contributed by atoms with Gasteiger partial charge in [0.1, 0.15) is 0 Å². The Kier molecular flexibility index (Phi) is 7.40. The number of nitrogens with zero attached hydrogens (tertiary/aromatic N) is 3. The maximum Gasteiger partial charge on any atom is 0.248 e. The molecule has 2 rings (SSSR count). The maximum absolute atomic E-state index is 11.8. The summed E-state index contributed by atoms with van der Waals surface area (Å²) in [6.45, 7) is 1.61. The van der Waals surface area contributed by atoms with Crippen molar-refractivity contribution in [3.05, 3.63) is 36.2 Å². The third kappa shape index (κ3) is 6.42. The fourth-order valence-corrected chi connectivity index (χ4v) is 3.05. The van der Waals surface area contributed by atoms with Crippen LogP contribution in [0.2, 0.25) is 0 Å². The van der Waals surface area contributed by atoms with Gasteiger partial charge in [-0.25, -0.2) is 0 Å². The molecule has 0 atom stereocenters. The van der Waals surface area contributed by atoms with Crippen LogP contribution in [0.1, 0.15) is 37.8 Å². The van der Waals surface area contributed by atoms with Crippen LogP contribution in [0.15, 0.2) is 30.5 Å². The quantitative estimate of drug-likeness (QED) is 0.781. The van der Waals surface area contributed by atoms with E-state index in [1.807, 2.05) is 37.2 Å². The highest BCUT2D eigenvalue weighted by Gasteiger charge is 2.18. The van der Waals surface area contributed by atoms with Crippen molar-refractivity contribution in [2.24, 2.45) is 0 Å². The summed E-state index contributed by atoms with van der Waals surface area (Å²) in [5.41, 5.74) is 1.78. The number of hydrogen-bond acceptors (Lipinski definition) is 4. The molecule has 1 N–H and O–H groups in total. The van der Waals surface area contributed by atoms with E-state index in [1.54, 1.807) is 12.3 Å². The van der Waals surface area contributed by atoms with Crippen LogP contribution in [-0.2, 0) is 11.3 Å². The van der Waals surface area contributed by atoms with Gasteiger partial charge in [0, 0.05) is 25.2 Å². The normalized spacial score (nSPS) is 16.2. The first-order valence-corrected chi connectivity index (χ1v) is 8.82. The summed E-state index contributed by atoms with van der Waals surface area (Å²) in [5, 5.41) is 2.84. The zero-order chi connectivity index (χ0) is 17.4. The van der Waals surface area contributed by atoms with Crippen LogP contribution >= 0.6 is 0 Å². The minimum atomic E-state index is -0.120. The summed E-state index contributed by atoms with van der Waals surface area (Å²) in [6, 6.07) is 4.61. The molecule has 132 valence electrons. The average Bonchev–Trinajstić information content (AvgIpc) is 2.57. The lowest BCUT2D eigenvalue weighted by Crippen LogP contribution is -2.33. The van der Waals surface area contributed by atoms with Gasteiger partial charge in [0.05, 0.1) is 17.6 Å². The first kappa shape index (κ1) is 18.6. The molecule has 0 aromatic carbocycles. The van der Waals surface area contributed by atoms with Crippen LogP contribution < -0.4 is 5.32 Å². The number of hydrogen-bond donors (Lipinski definition) is 1. The number of nitrogens with one attached hydrogen (secondary N) is 1. The van der Waals surface area contributed by atoms with Crippen molar-refractivity contribution in [1.29, 1.82) is 0 Å². The van der Waals surface area contributed by atoms with Crippen LogP contribution in [0.5, 0.6) is 0 Å². The van der Waals surface area contributed by atoms with E-state index in [1.165, 1.54) is 32.1 Å². The Morgan fingerprint density at radius 1 is 1.25 bits per heavy atom. The van der Waals surface area contributed by atoms with Gasteiger partial charge in [-0.1, -0.05) is 25.3 Å². The summed E-state index contributed by atoms with van der Waals surface area (Å²) in [4.78, 5) is 20.7. The van der Waals surface area contributed by atoms with E-state index in [9.17, 15) is 4.79 Å². The third-order valence-electron chi connectivity index (χ3n) is 4.44. The molecule has 5 heteroatoms. The molecule has 5 nitrogen and oxygen atoms in total. The van der Waals surface area contributed by atoms with Crippen molar-refractivity contribution in [3.63, 3.8) is 0 Å². The van der Waals surface area contributed by atoms with Gasteiger partial charge in [0.2, 0.25) is 5.91 Å². The second-order valence-electron chi connectivity index (χ2n) is 6.90. The van der Waals surface area contributed by atoms with E-state index >= 15 is 0 Å². The van der Waals surface area contributed by atoms with Gasteiger partial charge in [-0.15, -0.1) is 0 Å². The Bertz CT molecular complexity index is 533. The second-order valence-corrected chi connectivity index (χ2v) is 6.90. The first-order chi connectivity index (χ1) is 11.5. The highest BCUT2D eigenvalue weighted by Crippen LogP contribution is 2.22. The highest BCUT2D eigenvalue weighted by atomic mass is 16.1. The summed E-state index contributed by atoms with van der Waals surface area (Å²) in [6.07, 6.45) is 11.8. The Balaban J connectivity index is 1.81. The van der Waals surface area contributed by atoms with Crippen LogP contribution in [-0.4, -0.2) is 54.4 Å². The maximum atomic E-state index is 11.8. The fraction of sp³-hybridized carbons (Fsp3) is 0.579. The predicted octanol–water partition coefficient (Wildman–Crippen LogP) is 2.90. The van der Waals surface area contributed by atoms with Crippen molar-refractivity contribution >= 4 is 11.6 Å². The van der Waals surface area contributed by atoms with Crippen molar-refractivity contribution in [2.75, 3.05) is 33.0 Å². The Hall–Kier alpha value is -1.72. The lowest BCUT2D eigenvalue weighted by atomic mass is 9.94. The van der Waals surface area contributed by atoms with Gasteiger partial charge < -0.3 is 10.2 Å². The van der Waals surface area contributed by atoms with Crippen LogP contribution in [0.4, 0.5) is 5.69 Å². The van der Waals surface area contributed by atoms with Crippen molar-refractivity contribution in [2.45, 2.75) is 44.7 Å². The summed E-state index contributed by atoms with van der Waals surface area (Å²) < 4.78 is 0. The largest absolute Gasteiger partial charge is 0.321 e. The zero-order valence-electron chi connectivity index (χ0n) is 15.2. The summed E-state index contributed by atoms with van der Waals surface area (Å²) in [7, 11) is 6.12. The lowest BCUT2D eigenvalue weighted by molar-refractivity contribution is -0.111. The molecule has 1 amide bonds. The van der Waals surface area contributed by atoms with Gasteiger partial charge in [-0.05, 0) is 46.1 Å². The highest BCUT2D eigenvalue weighted by molar-refractivity contribution is 5.99. The second kappa shape index (κ2) is 9.55. The molecule has 0 aliphatic heterocycles. The van der Waals surface area contributed by atoms with Crippen molar-refractivity contribution in [1.82, 2.24) is 14.8 Å². The number of carbonyl (C=O) groups is 1. The number of rotatable bonds is 7. The smallest absolute Gasteiger partial charge is 0.248 e. The topological polar surface area (TPSA) is 48.5 Å². The zero-order valence-corrected chi connectivity index (χ0v) is 15.2. The molecule has 1 aliphatic carbocycles. The van der Waals surface area contributed by atoms with Crippen LogP contribution in [0.3, 0.4) is 0 Å². The van der Waals surface area contributed by atoms with Gasteiger partial charge in [0.25, 0.3) is 0 Å². The van der Waals surface area contributed by atoms with E-state index in [2.05, 4.69) is 22.2 Å². The molecule has 1 aromatic rings. The van der Waals surface area contributed by atoms with E-state index in [0.717, 1.165) is 24.5 Å². The van der Waals surface area contributed by atoms with E-state index < -0.39 is 0 Å². The van der Waals surface area contributed by atoms with Gasteiger partial charge in [0.15, 0.2) is 0 Å². The number of likely N-dealkylation sites (N-methyl/N-ethyl adjacent to an activating group) is 1. The molecule has 0 radical (unpaired) electrons. The Morgan fingerprint density at radius 2 is 2.00 bits per heavy atom. The molecule has 24 heavy (non-hydrogen) atoms. The summed E-state index contributed by atoms with van der Waals surface area (Å²) in [5.74, 6) is -0.120. The number of pyridine rings is 1. The van der Waals surface area contributed by atoms with Crippen LogP contribution in [0, 0.1) is 0 Å². The molecule has 0 unspecified atom stereocenters. The Labute approximate surface area is 145 Å². The molecule has 0 spiro atoms. The molecule has 1 aromatic heterocycles. The number of anilines is 1. The molecule has 1 heterocycles.